The molecule has 1 aliphatic rings. The average Bonchev–Trinajstić information content (AvgIpc) is 2.88. The highest BCUT2D eigenvalue weighted by atomic mass is 16.5. The van der Waals surface area contributed by atoms with Crippen molar-refractivity contribution in [1.29, 1.82) is 0 Å². The van der Waals surface area contributed by atoms with Gasteiger partial charge in [0.2, 0.25) is 11.8 Å². The number of anilines is 1. The number of carbonyl (C=O) groups excluding carboxylic acids is 3. The fourth-order valence-corrected chi connectivity index (χ4v) is 4.31. The molecular weight excluding hydrogens is 456 g/mol. The summed E-state index contributed by atoms with van der Waals surface area (Å²) < 4.78 is 5.38. The Kier molecular flexibility index (Phi) is 6.40. The molecule has 8 nitrogen and oxygen atoms in total. The van der Waals surface area contributed by atoms with Gasteiger partial charge in [-0.1, -0.05) is 42.5 Å². The summed E-state index contributed by atoms with van der Waals surface area (Å²) in [7, 11) is 0. The first-order chi connectivity index (χ1) is 17.5. The van der Waals surface area contributed by atoms with Crippen molar-refractivity contribution in [3.63, 3.8) is 0 Å². The molecule has 1 atom stereocenters. The average molecular weight is 481 g/mol. The number of nitrogens with zero attached hydrogens (tertiary/aromatic N) is 2. The standard InChI is InChI=1S/C28H24N4O4/c1-17-23(22-10-12-26(33)32-27(22)34)14-20-8-7-18(13-25(20)30-17)16-36-28(35)31-21-9-11-24(29-15-21)19-5-3-2-4-6-19/h2-9,11,13-15,22H,10,12,16H2,1H3,(H,31,35)(H,32,33,34). The summed E-state index contributed by atoms with van der Waals surface area (Å²) in [4.78, 5) is 45.1. The van der Waals surface area contributed by atoms with Crippen LogP contribution in [0.4, 0.5) is 10.5 Å². The van der Waals surface area contributed by atoms with Crippen molar-refractivity contribution in [1.82, 2.24) is 15.3 Å². The molecule has 1 saturated heterocycles. The molecule has 180 valence electrons. The van der Waals surface area contributed by atoms with Crippen LogP contribution >= 0.6 is 0 Å². The van der Waals surface area contributed by atoms with E-state index in [0.29, 0.717) is 18.5 Å². The first-order valence-electron chi connectivity index (χ1n) is 11.7. The number of ether oxygens (including phenoxy) is 1. The molecule has 0 spiro atoms. The van der Waals surface area contributed by atoms with Crippen LogP contribution in [-0.2, 0) is 20.9 Å². The third kappa shape index (κ3) is 5.07. The van der Waals surface area contributed by atoms with Crippen LogP contribution in [0.25, 0.3) is 22.2 Å². The van der Waals surface area contributed by atoms with E-state index in [1.54, 1.807) is 12.3 Å². The van der Waals surface area contributed by atoms with E-state index in [1.165, 1.54) is 0 Å². The SMILES string of the molecule is Cc1nc2cc(COC(=O)Nc3ccc(-c4ccccc4)nc3)ccc2cc1C1CCC(=O)NC1=O. The number of imide groups is 1. The minimum atomic E-state index is -0.582. The van der Waals surface area contributed by atoms with E-state index in [0.717, 1.165) is 39.0 Å². The van der Waals surface area contributed by atoms with Gasteiger partial charge in [0.1, 0.15) is 6.61 Å². The molecular formula is C28H24N4O4. The zero-order valence-corrected chi connectivity index (χ0v) is 19.7. The third-order valence-corrected chi connectivity index (χ3v) is 6.18. The number of fused-ring (bicyclic) bond motifs is 1. The lowest BCUT2D eigenvalue weighted by Crippen LogP contribution is -2.39. The number of pyridine rings is 2. The smallest absolute Gasteiger partial charge is 0.412 e. The van der Waals surface area contributed by atoms with Crippen molar-refractivity contribution in [3.8, 4) is 11.3 Å². The second-order valence-electron chi connectivity index (χ2n) is 8.69. The van der Waals surface area contributed by atoms with Gasteiger partial charge in [-0.15, -0.1) is 0 Å². The van der Waals surface area contributed by atoms with Crippen LogP contribution in [0.15, 0.2) is 72.9 Å². The predicted molar refractivity (Wildman–Crippen MR) is 135 cm³/mol. The first-order valence-corrected chi connectivity index (χ1v) is 11.7. The lowest BCUT2D eigenvalue weighted by atomic mass is 9.89. The Hall–Kier alpha value is -4.59. The number of benzene rings is 2. The highest BCUT2D eigenvalue weighted by Crippen LogP contribution is 2.29. The Balaban J connectivity index is 1.22. The summed E-state index contributed by atoms with van der Waals surface area (Å²) in [6.07, 6.45) is 1.80. The molecule has 5 rings (SSSR count). The largest absolute Gasteiger partial charge is 0.444 e. The summed E-state index contributed by atoms with van der Waals surface area (Å²) in [6, 6.07) is 20.9. The molecule has 4 aromatic rings. The van der Waals surface area contributed by atoms with Gasteiger partial charge in [-0.05, 0) is 48.7 Å². The lowest BCUT2D eigenvalue weighted by molar-refractivity contribution is -0.134. The maximum atomic E-state index is 12.3. The van der Waals surface area contributed by atoms with Crippen molar-refractivity contribution in [2.24, 2.45) is 0 Å². The number of amides is 3. The van der Waals surface area contributed by atoms with Gasteiger partial charge < -0.3 is 4.74 Å². The maximum Gasteiger partial charge on any atom is 0.412 e. The van der Waals surface area contributed by atoms with Crippen LogP contribution in [0.2, 0.25) is 0 Å². The molecule has 8 heteroatoms. The van der Waals surface area contributed by atoms with Gasteiger partial charge in [-0.3, -0.25) is 30.2 Å². The summed E-state index contributed by atoms with van der Waals surface area (Å²) in [5, 5.41) is 5.96. The zero-order valence-electron chi connectivity index (χ0n) is 19.7. The topological polar surface area (TPSA) is 110 Å². The molecule has 2 aromatic heterocycles. The number of piperidine rings is 1. The summed E-state index contributed by atoms with van der Waals surface area (Å²) in [5.74, 6) is -0.907. The van der Waals surface area contributed by atoms with Crippen molar-refractivity contribution >= 4 is 34.5 Å². The monoisotopic (exact) mass is 480 g/mol. The van der Waals surface area contributed by atoms with Crippen molar-refractivity contribution < 1.29 is 19.1 Å². The minimum Gasteiger partial charge on any atom is -0.444 e. The van der Waals surface area contributed by atoms with E-state index >= 15 is 0 Å². The van der Waals surface area contributed by atoms with Crippen molar-refractivity contribution in [2.45, 2.75) is 32.3 Å². The fraction of sp³-hybridized carbons (Fsp3) is 0.179. The Morgan fingerprint density at radius 2 is 1.92 bits per heavy atom. The molecule has 3 amide bonds. The molecule has 0 bridgehead atoms. The van der Waals surface area contributed by atoms with E-state index in [2.05, 4.69) is 20.6 Å². The number of carbonyl (C=O) groups is 3. The molecule has 3 heterocycles. The maximum absolute atomic E-state index is 12.3. The third-order valence-electron chi connectivity index (χ3n) is 6.18. The van der Waals surface area contributed by atoms with E-state index in [4.69, 9.17) is 4.74 Å². The Bertz CT molecular complexity index is 1450. The highest BCUT2D eigenvalue weighted by molar-refractivity contribution is 6.01. The molecule has 0 saturated carbocycles. The normalized spacial score (nSPS) is 15.4. The highest BCUT2D eigenvalue weighted by Gasteiger charge is 2.29. The Labute approximate surface area is 207 Å². The number of aryl methyl sites for hydroxylation is 1. The fourth-order valence-electron chi connectivity index (χ4n) is 4.31. The van der Waals surface area contributed by atoms with E-state index < -0.39 is 6.09 Å². The van der Waals surface area contributed by atoms with Gasteiger partial charge in [0.25, 0.3) is 0 Å². The number of aromatic nitrogens is 2. The number of rotatable bonds is 5. The van der Waals surface area contributed by atoms with Gasteiger partial charge in [0, 0.05) is 23.1 Å². The van der Waals surface area contributed by atoms with Crippen LogP contribution in [0.3, 0.4) is 0 Å². The quantitative estimate of drug-likeness (QED) is 0.394. The molecule has 1 aliphatic heterocycles. The Morgan fingerprint density at radius 3 is 2.67 bits per heavy atom. The predicted octanol–water partition coefficient (Wildman–Crippen LogP) is 4.87. The van der Waals surface area contributed by atoms with Crippen LogP contribution in [0, 0.1) is 6.92 Å². The molecule has 0 radical (unpaired) electrons. The molecule has 1 fully saturated rings. The van der Waals surface area contributed by atoms with Gasteiger partial charge in [0.05, 0.1) is 29.0 Å². The molecule has 2 aromatic carbocycles. The molecule has 1 unspecified atom stereocenters. The summed E-state index contributed by atoms with van der Waals surface area (Å²) >= 11 is 0. The summed E-state index contributed by atoms with van der Waals surface area (Å²) in [6.45, 7) is 1.93. The van der Waals surface area contributed by atoms with Crippen LogP contribution in [0.1, 0.15) is 35.6 Å². The summed E-state index contributed by atoms with van der Waals surface area (Å²) in [5.41, 5.74) is 5.44. The molecule has 0 aliphatic carbocycles. The minimum absolute atomic E-state index is 0.0763. The number of nitrogens with one attached hydrogen (secondary N) is 2. The van der Waals surface area contributed by atoms with Gasteiger partial charge >= 0.3 is 6.09 Å². The molecule has 36 heavy (non-hydrogen) atoms. The molecule has 2 N–H and O–H groups in total. The van der Waals surface area contributed by atoms with Gasteiger partial charge in [-0.2, -0.15) is 0 Å². The lowest BCUT2D eigenvalue weighted by Gasteiger charge is -2.22. The van der Waals surface area contributed by atoms with Crippen LogP contribution in [-0.4, -0.2) is 27.9 Å². The second-order valence-corrected chi connectivity index (χ2v) is 8.69. The van der Waals surface area contributed by atoms with E-state index in [1.807, 2.05) is 67.6 Å². The number of hydrogen-bond donors (Lipinski definition) is 2. The first kappa shape index (κ1) is 23.2. The van der Waals surface area contributed by atoms with E-state index in [9.17, 15) is 14.4 Å². The Morgan fingerprint density at radius 1 is 1.08 bits per heavy atom. The van der Waals surface area contributed by atoms with Crippen LogP contribution in [0.5, 0.6) is 0 Å². The zero-order chi connectivity index (χ0) is 25.1. The van der Waals surface area contributed by atoms with Crippen molar-refractivity contribution in [3.05, 3.63) is 89.7 Å². The van der Waals surface area contributed by atoms with Crippen LogP contribution < -0.4 is 10.6 Å². The van der Waals surface area contributed by atoms with Gasteiger partial charge in [0.15, 0.2) is 0 Å². The number of hydrogen-bond acceptors (Lipinski definition) is 6. The van der Waals surface area contributed by atoms with Gasteiger partial charge in [-0.25, -0.2) is 4.79 Å². The van der Waals surface area contributed by atoms with Crippen molar-refractivity contribution in [2.75, 3.05) is 5.32 Å². The second kappa shape index (κ2) is 9.95. The van der Waals surface area contributed by atoms with E-state index in [-0.39, 0.29) is 24.3 Å².